The van der Waals surface area contributed by atoms with Gasteiger partial charge in [0.1, 0.15) is 17.5 Å². The van der Waals surface area contributed by atoms with Gasteiger partial charge in [0.25, 0.3) is 0 Å². The van der Waals surface area contributed by atoms with Gasteiger partial charge in [-0.15, -0.1) is 12.4 Å². The van der Waals surface area contributed by atoms with E-state index in [9.17, 15) is 8.78 Å². The highest BCUT2D eigenvalue weighted by molar-refractivity contribution is 5.85. The van der Waals surface area contributed by atoms with Gasteiger partial charge in [-0.1, -0.05) is 12.1 Å². The smallest absolute Gasteiger partial charge is 0.133 e. The largest absolute Gasteiger partial charge is 0.354 e. The van der Waals surface area contributed by atoms with Gasteiger partial charge in [-0.25, -0.2) is 13.8 Å². The molecule has 1 aliphatic rings. The SMILES string of the molecule is CN1CCN(c2ncccc2CNCc2c(F)cccc2F)CC1.Cl. The highest BCUT2D eigenvalue weighted by Gasteiger charge is 2.18. The molecule has 0 aliphatic carbocycles. The van der Waals surface area contributed by atoms with E-state index >= 15 is 0 Å². The summed E-state index contributed by atoms with van der Waals surface area (Å²) in [6.45, 7) is 4.54. The van der Waals surface area contributed by atoms with Gasteiger partial charge in [0.15, 0.2) is 0 Å². The number of nitrogens with zero attached hydrogens (tertiary/aromatic N) is 3. The second kappa shape index (κ2) is 9.08. The minimum Gasteiger partial charge on any atom is -0.354 e. The number of rotatable bonds is 5. The average molecular weight is 369 g/mol. The third-order valence-electron chi connectivity index (χ3n) is 4.35. The molecule has 7 heteroatoms. The predicted octanol–water partition coefficient (Wildman–Crippen LogP) is 2.82. The van der Waals surface area contributed by atoms with Crippen LogP contribution in [0.2, 0.25) is 0 Å². The minimum absolute atomic E-state index is 0. The van der Waals surface area contributed by atoms with Gasteiger partial charge >= 0.3 is 0 Å². The fraction of sp³-hybridized carbons (Fsp3) is 0.389. The Morgan fingerprint density at radius 1 is 1.00 bits per heavy atom. The van der Waals surface area contributed by atoms with Crippen LogP contribution in [0, 0.1) is 11.6 Å². The van der Waals surface area contributed by atoms with Gasteiger partial charge in [-0.3, -0.25) is 0 Å². The Kier molecular flexibility index (Phi) is 7.11. The van der Waals surface area contributed by atoms with E-state index < -0.39 is 11.6 Å². The summed E-state index contributed by atoms with van der Waals surface area (Å²) < 4.78 is 27.4. The zero-order chi connectivity index (χ0) is 16.9. The fourth-order valence-corrected chi connectivity index (χ4v) is 2.89. The molecule has 1 aromatic carbocycles. The van der Waals surface area contributed by atoms with Crippen LogP contribution in [0.5, 0.6) is 0 Å². The fourth-order valence-electron chi connectivity index (χ4n) is 2.89. The Hall–Kier alpha value is -1.76. The summed E-state index contributed by atoms with van der Waals surface area (Å²) >= 11 is 0. The predicted molar refractivity (Wildman–Crippen MR) is 98.1 cm³/mol. The first-order valence-electron chi connectivity index (χ1n) is 8.16. The molecule has 2 heterocycles. The van der Waals surface area contributed by atoms with Crippen molar-refractivity contribution in [3.05, 3.63) is 59.3 Å². The maximum Gasteiger partial charge on any atom is 0.133 e. The second-order valence-electron chi connectivity index (χ2n) is 6.08. The first-order chi connectivity index (χ1) is 11.6. The van der Waals surface area contributed by atoms with Crippen molar-refractivity contribution >= 4 is 18.2 Å². The summed E-state index contributed by atoms with van der Waals surface area (Å²) in [6, 6.07) is 7.83. The molecule has 0 radical (unpaired) electrons. The Morgan fingerprint density at radius 3 is 2.36 bits per heavy atom. The Bertz CT molecular complexity index is 670. The lowest BCUT2D eigenvalue weighted by Gasteiger charge is -2.34. The van der Waals surface area contributed by atoms with Crippen molar-refractivity contribution in [2.75, 3.05) is 38.1 Å². The lowest BCUT2D eigenvalue weighted by molar-refractivity contribution is 0.311. The molecule has 4 nitrogen and oxygen atoms in total. The molecular formula is C18H23ClF2N4. The van der Waals surface area contributed by atoms with Gasteiger partial charge in [0.05, 0.1) is 0 Å². The van der Waals surface area contributed by atoms with E-state index in [2.05, 4.69) is 27.1 Å². The molecule has 1 fully saturated rings. The van der Waals surface area contributed by atoms with E-state index in [1.807, 2.05) is 12.1 Å². The van der Waals surface area contributed by atoms with Crippen molar-refractivity contribution in [3.8, 4) is 0 Å². The molecule has 2 aromatic rings. The molecule has 3 rings (SSSR count). The summed E-state index contributed by atoms with van der Waals surface area (Å²) in [5, 5.41) is 3.13. The summed E-state index contributed by atoms with van der Waals surface area (Å²) in [5.41, 5.74) is 1.11. The molecule has 1 aliphatic heterocycles. The first-order valence-corrected chi connectivity index (χ1v) is 8.16. The van der Waals surface area contributed by atoms with E-state index in [0.717, 1.165) is 37.6 Å². The van der Waals surface area contributed by atoms with Gasteiger partial charge in [0, 0.05) is 56.6 Å². The van der Waals surface area contributed by atoms with E-state index in [1.165, 1.54) is 18.2 Å². The van der Waals surface area contributed by atoms with E-state index in [4.69, 9.17) is 0 Å². The standard InChI is InChI=1S/C18H22F2N4.ClH/c1-23-8-10-24(11-9-23)18-14(4-3-7-22-18)12-21-13-15-16(19)5-2-6-17(15)20;/h2-7,21H,8-13H2,1H3;1H. The molecule has 0 bridgehead atoms. The van der Waals surface area contributed by atoms with Crippen molar-refractivity contribution in [1.82, 2.24) is 15.2 Å². The normalized spacial score (nSPS) is 15.1. The number of hydrogen-bond donors (Lipinski definition) is 1. The van der Waals surface area contributed by atoms with E-state index in [0.29, 0.717) is 6.54 Å². The summed E-state index contributed by atoms with van der Waals surface area (Å²) in [7, 11) is 2.11. The van der Waals surface area contributed by atoms with Crippen LogP contribution in [0.1, 0.15) is 11.1 Å². The molecule has 1 saturated heterocycles. The average Bonchev–Trinajstić information content (AvgIpc) is 2.59. The summed E-state index contributed by atoms with van der Waals surface area (Å²) in [5.74, 6) is -0.0898. The number of aromatic nitrogens is 1. The maximum atomic E-state index is 13.7. The van der Waals surface area contributed by atoms with Crippen LogP contribution >= 0.6 is 12.4 Å². The topological polar surface area (TPSA) is 31.4 Å². The molecular weight excluding hydrogens is 346 g/mol. The Balaban J connectivity index is 0.00000225. The lowest BCUT2D eigenvalue weighted by atomic mass is 10.2. The molecule has 136 valence electrons. The molecule has 1 N–H and O–H groups in total. The number of piperazine rings is 1. The van der Waals surface area contributed by atoms with Gasteiger partial charge in [-0.05, 0) is 25.2 Å². The number of hydrogen-bond acceptors (Lipinski definition) is 4. The van der Waals surface area contributed by atoms with Crippen LogP contribution in [0.25, 0.3) is 0 Å². The Labute approximate surface area is 153 Å². The number of nitrogens with one attached hydrogen (secondary N) is 1. The van der Waals surface area contributed by atoms with Crippen LogP contribution < -0.4 is 10.2 Å². The maximum absolute atomic E-state index is 13.7. The number of likely N-dealkylation sites (N-methyl/N-ethyl adjacent to an activating group) is 1. The highest BCUT2D eigenvalue weighted by atomic mass is 35.5. The molecule has 25 heavy (non-hydrogen) atoms. The van der Waals surface area contributed by atoms with E-state index in [-0.39, 0.29) is 24.5 Å². The van der Waals surface area contributed by atoms with Crippen LogP contribution in [-0.2, 0) is 13.1 Å². The summed E-state index contributed by atoms with van der Waals surface area (Å²) in [6.07, 6.45) is 1.79. The number of halogens is 3. The van der Waals surface area contributed by atoms with Crippen molar-refractivity contribution in [2.24, 2.45) is 0 Å². The quantitative estimate of drug-likeness (QED) is 0.879. The molecule has 1 aromatic heterocycles. The van der Waals surface area contributed by atoms with Gasteiger partial charge in [-0.2, -0.15) is 0 Å². The third kappa shape index (κ3) is 4.87. The Morgan fingerprint density at radius 2 is 1.68 bits per heavy atom. The lowest BCUT2D eigenvalue weighted by Crippen LogP contribution is -2.45. The molecule has 0 saturated carbocycles. The second-order valence-corrected chi connectivity index (χ2v) is 6.08. The van der Waals surface area contributed by atoms with Crippen LogP contribution in [0.3, 0.4) is 0 Å². The third-order valence-corrected chi connectivity index (χ3v) is 4.35. The monoisotopic (exact) mass is 368 g/mol. The molecule has 0 amide bonds. The molecule has 0 spiro atoms. The molecule has 0 unspecified atom stereocenters. The van der Waals surface area contributed by atoms with Crippen LogP contribution in [0.4, 0.5) is 14.6 Å². The number of anilines is 1. The number of pyridine rings is 1. The number of benzene rings is 1. The zero-order valence-corrected chi connectivity index (χ0v) is 15.0. The van der Waals surface area contributed by atoms with Crippen LogP contribution in [-0.4, -0.2) is 43.1 Å². The van der Waals surface area contributed by atoms with Crippen molar-refractivity contribution in [2.45, 2.75) is 13.1 Å². The van der Waals surface area contributed by atoms with E-state index in [1.54, 1.807) is 6.20 Å². The molecule has 0 atom stereocenters. The highest BCUT2D eigenvalue weighted by Crippen LogP contribution is 2.19. The van der Waals surface area contributed by atoms with Crippen molar-refractivity contribution in [1.29, 1.82) is 0 Å². The van der Waals surface area contributed by atoms with Gasteiger partial charge < -0.3 is 15.1 Å². The zero-order valence-electron chi connectivity index (χ0n) is 14.2. The van der Waals surface area contributed by atoms with Crippen molar-refractivity contribution < 1.29 is 8.78 Å². The minimum atomic E-state index is -0.520. The van der Waals surface area contributed by atoms with Crippen LogP contribution in [0.15, 0.2) is 36.5 Å². The van der Waals surface area contributed by atoms with Crippen molar-refractivity contribution in [3.63, 3.8) is 0 Å². The van der Waals surface area contributed by atoms with Gasteiger partial charge in [0.2, 0.25) is 0 Å². The first kappa shape index (κ1) is 19.6. The summed E-state index contributed by atoms with van der Waals surface area (Å²) in [4.78, 5) is 9.06.